The molecule has 2 heterocycles. The lowest BCUT2D eigenvalue weighted by atomic mass is 9.92. The van der Waals surface area contributed by atoms with Crippen molar-refractivity contribution in [3.8, 4) is 17.0 Å². The maximum absolute atomic E-state index is 10.3. The van der Waals surface area contributed by atoms with E-state index in [0.29, 0.717) is 22.6 Å². The SMILES string of the molecule is Cc1ccc(-c2nnc(NC3CCCCC3O)c3cccnc23)c(O)c1. The van der Waals surface area contributed by atoms with E-state index in [-0.39, 0.29) is 17.9 Å². The molecule has 6 nitrogen and oxygen atoms in total. The van der Waals surface area contributed by atoms with E-state index >= 15 is 0 Å². The predicted octanol–water partition coefficient (Wildman–Crippen LogP) is 3.42. The number of hydrogen-bond donors (Lipinski definition) is 3. The Bertz CT molecular complexity index is 944. The van der Waals surface area contributed by atoms with Crippen molar-refractivity contribution in [1.82, 2.24) is 15.2 Å². The van der Waals surface area contributed by atoms with Gasteiger partial charge in [-0.3, -0.25) is 4.98 Å². The van der Waals surface area contributed by atoms with Gasteiger partial charge in [0.25, 0.3) is 0 Å². The second-order valence-electron chi connectivity index (χ2n) is 6.92. The van der Waals surface area contributed by atoms with Crippen LogP contribution in [0.25, 0.3) is 22.2 Å². The van der Waals surface area contributed by atoms with E-state index in [9.17, 15) is 10.2 Å². The number of pyridine rings is 1. The second kappa shape index (κ2) is 6.88. The van der Waals surface area contributed by atoms with Gasteiger partial charge in [-0.05, 0) is 49.6 Å². The number of aliphatic hydroxyl groups excluding tert-OH is 1. The molecule has 4 rings (SSSR count). The van der Waals surface area contributed by atoms with Gasteiger partial charge in [0, 0.05) is 17.1 Å². The summed E-state index contributed by atoms with van der Waals surface area (Å²) in [5, 5.41) is 33.4. The highest BCUT2D eigenvalue weighted by Crippen LogP contribution is 2.34. The number of phenolic OH excluding ortho intramolecular Hbond substituents is 1. The molecular weight excluding hydrogens is 328 g/mol. The molecule has 2 unspecified atom stereocenters. The highest BCUT2D eigenvalue weighted by molar-refractivity contribution is 5.98. The van der Waals surface area contributed by atoms with Gasteiger partial charge >= 0.3 is 0 Å². The number of anilines is 1. The lowest BCUT2D eigenvalue weighted by molar-refractivity contribution is 0.116. The first-order valence-corrected chi connectivity index (χ1v) is 8.99. The molecule has 134 valence electrons. The molecule has 1 aliphatic rings. The molecule has 1 fully saturated rings. The normalized spacial score (nSPS) is 20.2. The molecular formula is C20H22N4O2. The molecule has 0 radical (unpaired) electrons. The summed E-state index contributed by atoms with van der Waals surface area (Å²) in [5.74, 6) is 0.782. The largest absolute Gasteiger partial charge is 0.507 e. The summed E-state index contributed by atoms with van der Waals surface area (Å²) < 4.78 is 0. The van der Waals surface area contributed by atoms with Crippen LogP contribution in [0.15, 0.2) is 36.5 Å². The van der Waals surface area contributed by atoms with Crippen molar-refractivity contribution in [2.45, 2.75) is 44.8 Å². The average Bonchev–Trinajstić information content (AvgIpc) is 2.64. The Morgan fingerprint density at radius 3 is 2.77 bits per heavy atom. The highest BCUT2D eigenvalue weighted by atomic mass is 16.3. The van der Waals surface area contributed by atoms with Crippen molar-refractivity contribution in [2.75, 3.05) is 5.32 Å². The third-order valence-corrected chi connectivity index (χ3v) is 5.00. The molecule has 2 atom stereocenters. The van der Waals surface area contributed by atoms with E-state index < -0.39 is 0 Å². The average molecular weight is 350 g/mol. The van der Waals surface area contributed by atoms with Crippen molar-refractivity contribution in [1.29, 1.82) is 0 Å². The quantitative estimate of drug-likeness (QED) is 0.670. The number of hydrogen-bond acceptors (Lipinski definition) is 6. The fourth-order valence-corrected chi connectivity index (χ4v) is 3.57. The zero-order chi connectivity index (χ0) is 18.1. The number of aliphatic hydroxyl groups is 1. The van der Waals surface area contributed by atoms with Crippen molar-refractivity contribution in [3.63, 3.8) is 0 Å². The van der Waals surface area contributed by atoms with Crippen LogP contribution in [0, 0.1) is 6.92 Å². The third-order valence-electron chi connectivity index (χ3n) is 5.00. The Morgan fingerprint density at radius 2 is 1.96 bits per heavy atom. The molecule has 0 spiro atoms. The minimum atomic E-state index is -0.377. The molecule has 0 amide bonds. The molecule has 2 aromatic heterocycles. The van der Waals surface area contributed by atoms with E-state index in [4.69, 9.17) is 0 Å². The van der Waals surface area contributed by atoms with Crippen LogP contribution in [0.4, 0.5) is 5.82 Å². The Morgan fingerprint density at radius 1 is 1.12 bits per heavy atom. The number of aromatic nitrogens is 3. The van der Waals surface area contributed by atoms with E-state index in [1.165, 1.54) is 0 Å². The number of nitrogens with one attached hydrogen (secondary N) is 1. The molecule has 3 N–H and O–H groups in total. The molecule has 26 heavy (non-hydrogen) atoms. The summed E-state index contributed by atoms with van der Waals surface area (Å²) in [7, 11) is 0. The van der Waals surface area contributed by atoms with Gasteiger partial charge in [-0.1, -0.05) is 18.9 Å². The molecule has 6 heteroatoms. The topological polar surface area (TPSA) is 91.2 Å². The summed E-state index contributed by atoms with van der Waals surface area (Å²) in [4.78, 5) is 4.48. The number of aromatic hydroxyl groups is 1. The van der Waals surface area contributed by atoms with Gasteiger partial charge in [0.1, 0.15) is 17.0 Å². The lowest BCUT2D eigenvalue weighted by Crippen LogP contribution is -2.36. The Balaban J connectivity index is 1.78. The van der Waals surface area contributed by atoms with Crippen molar-refractivity contribution in [2.24, 2.45) is 0 Å². The maximum Gasteiger partial charge on any atom is 0.158 e. The van der Waals surface area contributed by atoms with E-state index in [1.807, 2.05) is 31.2 Å². The van der Waals surface area contributed by atoms with Gasteiger partial charge < -0.3 is 15.5 Å². The Hall–Kier alpha value is -2.73. The fraction of sp³-hybridized carbons (Fsp3) is 0.350. The van der Waals surface area contributed by atoms with Crippen LogP contribution in [0.3, 0.4) is 0 Å². The Kier molecular flexibility index (Phi) is 4.42. The first-order valence-electron chi connectivity index (χ1n) is 8.99. The van der Waals surface area contributed by atoms with Crippen LogP contribution in [0.5, 0.6) is 5.75 Å². The van der Waals surface area contributed by atoms with Crippen LogP contribution in [-0.2, 0) is 0 Å². The lowest BCUT2D eigenvalue weighted by Gasteiger charge is -2.29. The summed E-state index contributed by atoms with van der Waals surface area (Å²) >= 11 is 0. The molecule has 1 saturated carbocycles. The van der Waals surface area contributed by atoms with Gasteiger partial charge in [0.15, 0.2) is 5.82 Å². The van der Waals surface area contributed by atoms with Crippen LogP contribution in [0.2, 0.25) is 0 Å². The number of rotatable bonds is 3. The molecule has 1 aliphatic carbocycles. The van der Waals surface area contributed by atoms with Crippen molar-refractivity contribution < 1.29 is 10.2 Å². The van der Waals surface area contributed by atoms with Gasteiger partial charge in [0.2, 0.25) is 0 Å². The van der Waals surface area contributed by atoms with Gasteiger partial charge in [-0.15, -0.1) is 10.2 Å². The van der Waals surface area contributed by atoms with Crippen LogP contribution >= 0.6 is 0 Å². The van der Waals surface area contributed by atoms with Gasteiger partial charge in [-0.25, -0.2) is 0 Å². The number of phenols is 1. The second-order valence-corrected chi connectivity index (χ2v) is 6.92. The number of fused-ring (bicyclic) bond motifs is 1. The number of benzene rings is 1. The number of aryl methyl sites for hydroxylation is 1. The van der Waals surface area contributed by atoms with E-state index in [0.717, 1.165) is 36.6 Å². The first-order chi connectivity index (χ1) is 12.6. The van der Waals surface area contributed by atoms with Crippen LogP contribution in [0.1, 0.15) is 31.2 Å². The molecule has 0 bridgehead atoms. The minimum Gasteiger partial charge on any atom is -0.507 e. The van der Waals surface area contributed by atoms with Crippen molar-refractivity contribution in [3.05, 3.63) is 42.1 Å². The molecule has 1 aromatic carbocycles. The predicted molar refractivity (Wildman–Crippen MR) is 101 cm³/mol. The summed E-state index contributed by atoms with van der Waals surface area (Å²) in [6.07, 6.45) is 5.19. The summed E-state index contributed by atoms with van der Waals surface area (Å²) in [5.41, 5.74) is 2.80. The van der Waals surface area contributed by atoms with Crippen LogP contribution in [-0.4, -0.2) is 37.5 Å². The maximum atomic E-state index is 10.3. The standard InChI is InChI=1S/C20H22N4O2/c1-12-8-9-13(17(26)11-12)19-18-14(5-4-10-21-18)20(24-23-19)22-15-6-2-3-7-16(15)25/h4-5,8-11,15-16,25-26H,2-3,6-7H2,1H3,(H,22,24). The van der Waals surface area contributed by atoms with Gasteiger partial charge in [0.05, 0.1) is 12.1 Å². The molecule has 3 aromatic rings. The minimum absolute atomic E-state index is 0.0277. The monoisotopic (exact) mass is 350 g/mol. The smallest absolute Gasteiger partial charge is 0.158 e. The fourth-order valence-electron chi connectivity index (χ4n) is 3.57. The zero-order valence-electron chi connectivity index (χ0n) is 14.7. The Labute approximate surface area is 151 Å². The molecule has 0 saturated heterocycles. The number of nitrogens with zero attached hydrogens (tertiary/aromatic N) is 3. The summed E-state index contributed by atoms with van der Waals surface area (Å²) in [6, 6.07) is 9.22. The highest BCUT2D eigenvalue weighted by Gasteiger charge is 2.24. The van der Waals surface area contributed by atoms with Crippen molar-refractivity contribution >= 4 is 16.7 Å². The van der Waals surface area contributed by atoms with Gasteiger partial charge in [-0.2, -0.15) is 0 Å². The van der Waals surface area contributed by atoms with E-state index in [2.05, 4.69) is 20.5 Å². The molecule has 0 aliphatic heterocycles. The van der Waals surface area contributed by atoms with E-state index in [1.54, 1.807) is 12.3 Å². The summed E-state index contributed by atoms with van der Waals surface area (Å²) in [6.45, 7) is 1.92. The zero-order valence-corrected chi connectivity index (χ0v) is 14.7. The first kappa shape index (κ1) is 16.7. The van der Waals surface area contributed by atoms with Crippen LogP contribution < -0.4 is 5.32 Å². The third kappa shape index (κ3) is 3.08.